The zero-order chi connectivity index (χ0) is 16.9. The van der Waals surface area contributed by atoms with Crippen molar-refractivity contribution in [1.82, 2.24) is 10.0 Å². The van der Waals surface area contributed by atoms with E-state index in [9.17, 15) is 13.2 Å². The van der Waals surface area contributed by atoms with Crippen molar-refractivity contribution >= 4 is 27.3 Å². The summed E-state index contributed by atoms with van der Waals surface area (Å²) in [4.78, 5) is 13.3. The summed E-state index contributed by atoms with van der Waals surface area (Å²) in [5.74, 6) is -0.00952. The molecule has 23 heavy (non-hydrogen) atoms. The van der Waals surface area contributed by atoms with Crippen molar-refractivity contribution < 1.29 is 13.2 Å². The van der Waals surface area contributed by atoms with E-state index in [0.717, 1.165) is 5.56 Å². The van der Waals surface area contributed by atoms with Gasteiger partial charge in [-0.05, 0) is 55.1 Å². The molecular weight excluding hydrogens is 332 g/mol. The van der Waals surface area contributed by atoms with Crippen LogP contribution in [-0.4, -0.2) is 21.4 Å². The molecule has 0 saturated carbocycles. The van der Waals surface area contributed by atoms with Crippen LogP contribution in [0.25, 0.3) is 0 Å². The van der Waals surface area contributed by atoms with Gasteiger partial charge in [0, 0.05) is 11.3 Å². The molecule has 0 aliphatic carbocycles. The molecule has 1 aromatic heterocycles. The molecule has 2 rings (SSSR count). The number of rotatable bonds is 7. The Morgan fingerprint density at radius 3 is 2.43 bits per heavy atom. The smallest absolute Gasteiger partial charge is 0.240 e. The second-order valence-electron chi connectivity index (χ2n) is 5.16. The quantitative estimate of drug-likeness (QED) is 0.802. The third-order valence-electron chi connectivity index (χ3n) is 3.56. The Hall–Kier alpha value is -1.70. The third kappa shape index (κ3) is 4.89. The Balaban J connectivity index is 1.83. The number of hydrogen-bond acceptors (Lipinski definition) is 4. The molecule has 7 heteroatoms. The molecule has 0 bridgehead atoms. The van der Waals surface area contributed by atoms with Gasteiger partial charge < -0.3 is 5.32 Å². The van der Waals surface area contributed by atoms with Crippen molar-refractivity contribution in [2.24, 2.45) is 0 Å². The van der Waals surface area contributed by atoms with Gasteiger partial charge in [-0.3, -0.25) is 4.79 Å². The van der Waals surface area contributed by atoms with Gasteiger partial charge in [0.15, 0.2) is 0 Å². The van der Waals surface area contributed by atoms with Gasteiger partial charge in [-0.15, -0.1) is 11.3 Å². The summed E-state index contributed by atoms with van der Waals surface area (Å²) in [6, 6.07) is 8.61. The molecule has 0 aliphatic rings. The van der Waals surface area contributed by atoms with Crippen LogP contribution in [0, 0.1) is 6.92 Å². The molecule has 0 saturated heterocycles. The number of amides is 1. The van der Waals surface area contributed by atoms with E-state index in [1.165, 1.54) is 17.5 Å². The molecule has 5 nitrogen and oxygen atoms in total. The van der Waals surface area contributed by atoms with E-state index in [2.05, 4.69) is 10.0 Å². The number of benzene rings is 1. The second-order valence-corrected chi connectivity index (χ2v) is 8.04. The van der Waals surface area contributed by atoms with E-state index >= 15 is 0 Å². The molecule has 0 radical (unpaired) electrons. The van der Waals surface area contributed by atoms with Crippen molar-refractivity contribution in [3.05, 3.63) is 51.7 Å². The van der Waals surface area contributed by atoms with Crippen LogP contribution in [-0.2, 0) is 27.8 Å². The van der Waals surface area contributed by atoms with Crippen LogP contribution in [0.5, 0.6) is 0 Å². The van der Waals surface area contributed by atoms with Gasteiger partial charge in [0.05, 0.1) is 11.4 Å². The highest BCUT2D eigenvalue weighted by atomic mass is 32.2. The minimum atomic E-state index is -3.41. The summed E-state index contributed by atoms with van der Waals surface area (Å²) < 4.78 is 25.5. The first-order valence-electron chi connectivity index (χ1n) is 7.24. The van der Waals surface area contributed by atoms with Crippen LogP contribution in [0.3, 0.4) is 0 Å². The van der Waals surface area contributed by atoms with Gasteiger partial charge in [0.2, 0.25) is 15.9 Å². The summed E-state index contributed by atoms with van der Waals surface area (Å²) >= 11 is 1.63. The minimum Gasteiger partial charge on any atom is -0.351 e. The Kier molecular flexibility index (Phi) is 5.92. The summed E-state index contributed by atoms with van der Waals surface area (Å²) in [6.07, 6.45) is 0.956. The Morgan fingerprint density at radius 1 is 1.17 bits per heavy atom. The molecule has 0 aliphatic heterocycles. The van der Waals surface area contributed by atoms with Crippen molar-refractivity contribution in [3.63, 3.8) is 0 Å². The fourth-order valence-corrected chi connectivity index (χ4v) is 3.64. The maximum absolute atomic E-state index is 11.9. The monoisotopic (exact) mass is 352 g/mol. The number of sulfonamides is 1. The maximum atomic E-state index is 11.9. The highest BCUT2D eigenvalue weighted by molar-refractivity contribution is 7.89. The average molecular weight is 352 g/mol. The minimum absolute atomic E-state index is 0.00952. The maximum Gasteiger partial charge on any atom is 0.240 e. The molecule has 0 atom stereocenters. The highest BCUT2D eigenvalue weighted by Gasteiger charge is 2.11. The van der Waals surface area contributed by atoms with Gasteiger partial charge in [-0.2, -0.15) is 0 Å². The molecule has 2 N–H and O–H groups in total. The first-order valence-corrected chi connectivity index (χ1v) is 9.61. The van der Waals surface area contributed by atoms with E-state index in [-0.39, 0.29) is 10.8 Å². The standard InChI is InChI=1S/C16H20N2O3S2/c1-12-9-10-22-15(12)11-18-16(19)8-5-13-3-6-14(7-4-13)23(20,21)17-2/h3-4,6-7,9-10,17H,5,8,11H2,1-2H3,(H,18,19). The van der Waals surface area contributed by atoms with Crippen LogP contribution in [0.4, 0.5) is 0 Å². The molecular formula is C16H20N2O3S2. The number of carbonyl (C=O) groups excluding carboxylic acids is 1. The molecule has 0 spiro atoms. The lowest BCUT2D eigenvalue weighted by Gasteiger charge is -2.06. The highest BCUT2D eigenvalue weighted by Crippen LogP contribution is 2.15. The Bertz CT molecular complexity index is 765. The van der Waals surface area contributed by atoms with Gasteiger partial charge >= 0.3 is 0 Å². The van der Waals surface area contributed by atoms with E-state index in [4.69, 9.17) is 0 Å². The van der Waals surface area contributed by atoms with Crippen LogP contribution in [0.2, 0.25) is 0 Å². The molecule has 2 aromatic rings. The fraction of sp³-hybridized carbons (Fsp3) is 0.312. The van der Waals surface area contributed by atoms with Crippen molar-refractivity contribution in [2.75, 3.05) is 7.05 Å². The average Bonchev–Trinajstić information content (AvgIpc) is 2.96. The van der Waals surface area contributed by atoms with E-state index < -0.39 is 10.0 Å². The van der Waals surface area contributed by atoms with E-state index in [1.807, 2.05) is 18.4 Å². The Morgan fingerprint density at radius 2 is 1.87 bits per heavy atom. The first-order chi connectivity index (χ1) is 10.9. The molecule has 0 unspecified atom stereocenters. The second kappa shape index (κ2) is 7.72. The zero-order valence-electron chi connectivity index (χ0n) is 13.1. The van der Waals surface area contributed by atoms with Gasteiger partial charge in [0.1, 0.15) is 0 Å². The summed E-state index contributed by atoms with van der Waals surface area (Å²) in [5.41, 5.74) is 2.12. The molecule has 124 valence electrons. The largest absolute Gasteiger partial charge is 0.351 e. The number of aryl methyl sites for hydroxylation is 2. The van der Waals surface area contributed by atoms with Crippen molar-refractivity contribution in [1.29, 1.82) is 0 Å². The predicted octanol–water partition coefficient (Wildman–Crippen LogP) is 2.21. The number of thiophene rings is 1. The SMILES string of the molecule is CNS(=O)(=O)c1ccc(CCC(=O)NCc2sccc2C)cc1. The number of carbonyl (C=O) groups is 1. The summed E-state index contributed by atoms with van der Waals surface area (Å²) in [5, 5.41) is 4.92. The molecule has 1 amide bonds. The molecule has 0 fully saturated rings. The van der Waals surface area contributed by atoms with E-state index in [1.54, 1.807) is 35.6 Å². The zero-order valence-corrected chi connectivity index (χ0v) is 14.8. The van der Waals surface area contributed by atoms with Crippen LogP contribution < -0.4 is 10.0 Å². The molecule has 1 aromatic carbocycles. The van der Waals surface area contributed by atoms with Crippen molar-refractivity contribution in [3.8, 4) is 0 Å². The fourth-order valence-electron chi connectivity index (χ4n) is 2.06. The lowest BCUT2D eigenvalue weighted by molar-refractivity contribution is -0.121. The predicted molar refractivity (Wildman–Crippen MR) is 91.9 cm³/mol. The van der Waals surface area contributed by atoms with Crippen LogP contribution in [0.15, 0.2) is 40.6 Å². The van der Waals surface area contributed by atoms with Gasteiger partial charge in [0.25, 0.3) is 0 Å². The first kappa shape index (κ1) is 17.7. The number of hydrogen-bond donors (Lipinski definition) is 2. The lowest BCUT2D eigenvalue weighted by atomic mass is 10.1. The van der Waals surface area contributed by atoms with Gasteiger partial charge in [-0.25, -0.2) is 13.1 Å². The summed E-state index contributed by atoms with van der Waals surface area (Å²) in [6.45, 7) is 2.58. The van der Waals surface area contributed by atoms with E-state index in [0.29, 0.717) is 19.4 Å². The van der Waals surface area contributed by atoms with Crippen molar-refractivity contribution in [2.45, 2.75) is 31.2 Å². The molecule has 1 heterocycles. The normalized spacial score (nSPS) is 11.4. The van der Waals surface area contributed by atoms with Crippen LogP contribution in [0.1, 0.15) is 22.4 Å². The topological polar surface area (TPSA) is 75.3 Å². The summed E-state index contributed by atoms with van der Waals surface area (Å²) in [7, 11) is -2.03. The Labute approximate surface area is 140 Å². The van der Waals surface area contributed by atoms with Crippen LogP contribution >= 0.6 is 11.3 Å². The van der Waals surface area contributed by atoms with Gasteiger partial charge in [-0.1, -0.05) is 12.1 Å². The third-order valence-corrected chi connectivity index (χ3v) is 6.01. The number of nitrogens with one attached hydrogen (secondary N) is 2. The lowest BCUT2D eigenvalue weighted by Crippen LogP contribution is -2.22.